The topological polar surface area (TPSA) is 161 Å². The van der Waals surface area contributed by atoms with Crippen LogP contribution in [0.3, 0.4) is 0 Å². The summed E-state index contributed by atoms with van der Waals surface area (Å²) in [5, 5.41) is 15.8. The van der Waals surface area contributed by atoms with Gasteiger partial charge >= 0.3 is 6.09 Å². The summed E-state index contributed by atoms with van der Waals surface area (Å²) in [6.07, 6.45) is 0.569. The third-order valence-electron chi connectivity index (χ3n) is 12.2. The Morgan fingerprint density at radius 3 is 2.05 bits per heavy atom. The summed E-state index contributed by atoms with van der Waals surface area (Å²) >= 11 is 0. The number of amides is 1. The number of nitrogens with two attached hydrogens (primary N) is 1. The fraction of sp³-hybridized carbons (Fsp3) is 0.468. The lowest BCUT2D eigenvalue weighted by Crippen LogP contribution is -2.50. The number of hydrogen-bond donors (Lipinski definition) is 3. The molecule has 0 unspecified atom stereocenters. The van der Waals surface area contributed by atoms with E-state index in [1.54, 1.807) is 14.2 Å². The predicted molar refractivity (Wildman–Crippen MR) is 248 cm³/mol. The van der Waals surface area contributed by atoms with E-state index in [-0.39, 0.29) is 11.6 Å². The standard InChI is InChI=1S/C47H65N5O8Si2/c1-46(2,3)62(9,10)60-41-38(30-58-47(33-16-12-11-13-17-33,34-18-22-36(55-4)23-19-34)35-20-24-37(56-5)25-21-35)59-44(40(41)53)52-29-32(39-42(48)50-31-51-43(39)52)15-14-26-49-45(54)57-27-28-61(6,7)8/h11-13,16-25,29,31,38,40-41,44,53H,14-15,26-28,30H2,1-10H3,(H,49,54)(H2,48,50,51)/t38-,40-,41-,44-/m1/s1. The van der Waals surface area contributed by atoms with Crippen LogP contribution in [0.4, 0.5) is 10.6 Å². The lowest BCUT2D eigenvalue weighted by Gasteiger charge is -2.41. The molecule has 0 aliphatic carbocycles. The van der Waals surface area contributed by atoms with Crippen molar-refractivity contribution < 1.29 is 38.0 Å². The van der Waals surface area contributed by atoms with Crippen molar-refractivity contribution in [2.45, 2.75) is 108 Å². The van der Waals surface area contributed by atoms with Crippen LogP contribution in [0.2, 0.25) is 43.8 Å². The molecule has 1 amide bonds. The van der Waals surface area contributed by atoms with Gasteiger partial charge in [-0.1, -0.05) is 95.0 Å². The molecule has 1 saturated heterocycles. The Hall–Kier alpha value is -4.78. The van der Waals surface area contributed by atoms with Gasteiger partial charge in [0.05, 0.1) is 32.8 Å². The molecule has 5 aromatic rings. The van der Waals surface area contributed by atoms with E-state index in [4.69, 9.17) is 33.8 Å². The Morgan fingerprint density at radius 1 is 0.887 bits per heavy atom. The van der Waals surface area contributed by atoms with Crippen molar-refractivity contribution in [2.24, 2.45) is 0 Å². The zero-order valence-corrected chi connectivity index (χ0v) is 39.9. The number of benzene rings is 3. The maximum absolute atomic E-state index is 12.5. The highest BCUT2D eigenvalue weighted by atomic mass is 28.4. The van der Waals surface area contributed by atoms with Crippen molar-refractivity contribution in [1.82, 2.24) is 19.9 Å². The average molecular weight is 884 g/mol. The molecule has 4 N–H and O–H groups in total. The highest BCUT2D eigenvalue weighted by molar-refractivity contribution is 6.76. The molecule has 13 nitrogen and oxygen atoms in total. The van der Waals surface area contributed by atoms with Crippen molar-refractivity contribution in [3.05, 3.63) is 114 Å². The Labute approximate surface area is 368 Å². The normalized spacial score (nSPS) is 18.5. The number of ether oxygens (including phenoxy) is 5. The van der Waals surface area contributed by atoms with Crippen LogP contribution in [0.25, 0.3) is 11.0 Å². The number of hydrogen-bond acceptors (Lipinski definition) is 11. The van der Waals surface area contributed by atoms with Gasteiger partial charge in [-0.15, -0.1) is 0 Å². The van der Waals surface area contributed by atoms with Gasteiger partial charge in [0.15, 0.2) is 14.5 Å². The minimum atomic E-state index is -2.50. The summed E-state index contributed by atoms with van der Waals surface area (Å²) in [6, 6.07) is 26.7. The van der Waals surface area contributed by atoms with Gasteiger partial charge in [0.2, 0.25) is 0 Å². The summed E-state index contributed by atoms with van der Waals surface area (Å²) in [4.78, 5) is 21.4. The number of nitrogens with zero attached hydrogens (tertiary/aromatic N) is 3. The second kappa shape index (κ2) is 19.3. The van der Waals surface area contributed by atoms with E-state index in [2.05, 4.69) is 80.9 Å². The number of aryl methyl sites for hydroxylation is 1. The van der Waals surface area contributed by atoms with E-state index in [1.165, 1.54) is 6.33 Å². The van der Waals surface area contributed by atoms with Crippen LogP contribution < -0.4 is 20.5 Å². The molecule has 4 atom stereocenters. The SMILES string of the molecule is COc1ccc(C(OC[C@H]2O[C@@H](n3cc(CCCNC(=O)OCC[Si](C)(C)C)c4c(N)ncnc43)[C@H](O)[C@@H]2O[Si](C)(C)C(C)(C)C)(c2ccccc2)c2ccc(OC)cc2)cc1. The first-order valence-electron chi connectivity index (χ1n) is 21.4. The summed E-state index contributed by atoms with van der Waals surface area (Å²) in [5.41, 5.74) is 9.42. The number of alkyl carbamates (subject to hydrolysis) is 1. The Bertz CT molecular complexity index is 2190. The van der Waals surface area contributed by atoms with Crippen molar-refractivity contribution >= 4 is 39.3 Å². The minimum Gasteiger partial charge on any atom is -0.497 e. The molecular weight excluding hydrogens is 819 g/mol. The first-order valence-corrected chi connectivity index (χ1v) is 28.0. The molecule has 0 spiro atoms. The van der Waals surface area contributed by atoms with Gasteiger partial charge in [-0.3, -0.25) is 0 Å². The van der Waals surface area contributed by atoms with Gasteiger partial charge in [-0.25, -0.2) is 14.8 Å². The average Bonchev–Trinajstić information content (AvgIpc) is 3.76. The first kappa shape index (κ1) is 46.7. The number of nitrogens with one attached hydrogen (secondary N) is 1. The molecular formula is C47H65N5O8Si2. The number of nitrogen functional groups attached to an aromatic ring is 1. The fourth-order valence-corrected chi connectivity index (χ4v) is 9.61. The van der Waals surface area contributed by atoms with Gasteiger partial charge in [0.25, 0.3) is 0 Å². The number of fused-ring (bicyclic) bond motifs is 1. The number of rotatable bonds is 18. The minimum absolute atomic E-state index is 0.0443. The highest BCUT2D eigenvalue weighted by Crippen LogP contribution is 2.46. The van der Waals surface area contributed by atoms with Gasteiger partial charge in [0, 0.05) is 20.8 Å². The van der Waals surface area contributed by atoms with Gasteiger partial charge in [-0.2, -0.15) is 0 Å². The van der Waals surface area contributed by atoms with Crippen LogP contribution >= 0.6 is 0 Å². The van der Waals surface area contributed by atoms with E-state index in [9.17, 15) is 9.90 Å². The van der Waals surface area contributed by atoms with Crippen molar-refractivity contribution in [2.75, 3.05) is 39.7 Å². The van der Waals surface area contributed by atoms with Crippen molar-refractivity contribution in [1.29, 1.82) is 0 Å². The molecule has 0 saturated carbocycles. The molecule has 1 aliphatic rings. The summed E-state index contributed by atoms with van der Waals surface area (Å²) in [6.45, 7) is 18.5. The second-order valence-corrected chi connectivity index (χ2v) is 29.1. The maximum atomic E-state index is 12.5. The molecule has 0 bridgehead atoms. The van der Waals surface area contributed by atoms with Gasteiger partial charge in [-0.05, 0) is 83.5 Å². The molecule has 1 fully saturated rings. The van der Waals surface area contributed by atoms with Crippen LogP contribution in [0, 0.1) is 0 Å². The lowest BCUT2D eigenvalue weighted by atomic mass is 9.80. The summed E-state index contributed by atoms with van der Waals surface area (Å²) in [5.74, 6) is 1.75. The quantitative estimate of drug-likeness (QED) is 0.0439. The van der Waals surface area contributed by atoms with Gasteiger partial charge < -0.3 is 48.8 Å². The number of carbonyl (C=O) groups excluding carboxylic acids is 1. The molecule has 15 heteroatoms. The molecule has 62 heavy (non-hydrogen) atoms. The first-order chi connectivity index (χ1) is 29.4. The van der Waals surface area contributed by atoms with Crippen LogP contribution in [0.1, 0.15) is 55.7 Å². The smallest absolute Gasteiger partial charge is 0.407 e. The van der Waals surface area contributed by atoms with Crippen LogP contribution in [0.5, 0.6) is 11.5 Å². The predicted octanol–water partition coefficient (Wildman–Crippen LogP) is 8.69. The van der Waals surface area contributed by atoms with Crippen LogP contribution in [-0.2, 0) is 30.7 Å². The molecule has 3 aromatic carbocycles. The van der Waals surface area contributed by atoms with Crippen molar-refractivity contribution in [3.63, 3.8) is 0 Å². The molecule has 334 valence electrons. The number of aliphatic hydroxyl groups is 1. The highest BCUT2D eigenvalue weighted by Gasteiger charge is 2.52. The summed E-state index contributed by atoms with van der Waals surface area (Å²) in [7, 11) is -0.535. The molecule has 6 rings (SSSR count). The van der Waals surface area contributed by atoms with Crippen LogP contribution in [-0.4, -0.2) is 94.4 Å². The van der Waals surface area contributed by atoms with E-state index in [0.717, 1.165) is 28.3 Å². The third kappa shape index (κ3) is 10.4. The Balaban J connectivity index is 1.35. The fourth-order valence-electron chi connectivity index (χ4n) is 7.57. The monoisotopic (exact) mass is 883 g/mol. The van der Waals surface area contributed by atoms with E-state index in [1.807, 2.05) is 77.5 Å². The number of anilines is 1. The molecule has 0 radical (unpaired) electrons. The lowest BCUT2D eigenvalue weighted by molar-refractivity contribution is -0.0929. The number of aliphatic hydroxyl groups excluding tert-OH is 1. The molecule has 2 aromatic heterocycles. The largest absolute Gasteiger partial charge is 0.497 e. The molecule has 3 heterocycles. The Morgan fingerprint density at radius 2 is 1.48 bits per heavy atom. The number of methoxy groups -OCH3 is 2. The number of aromatic nitrogens is 3. The summed E-state index contributed by atoms with van der Waals surface area (Å²) < 4.78 is 39.8. The zero-order chi connectivity index (χ0) is 44.9. The van der Waals surface area contributed by atoms with E-state index < -0.39 is 52.6 Å². The third-order valence-corrected chi connectivity index (χ3v) is 18.3. The van der Waals surface area contributed by atoms with E-state index >= 15 is 0 Å². The van der Waals surface area contributed by atoms with Crippen molar-refractivity contribution in [3.8, 4) is 11.5 Å². The number of carbonyl (C=O) groups is 1. The van der Waals surface area contributed by atoms with E-state index in [0.29, 0.717) is 54.3 Å². The van der Waals surface area contributed by atoms with Crippen LogP contribution in [0.15, 0.2) is 91.4 Å². The maximum Gasteiger partial charge on any atom is 0.407 e. The zero-order valence-electron chi connectivity index (χ0n) is 37.9. The van der Waals surface area contributed by atoms with Gasteiger partial charge in [0.1, 0.15) is 53.2 Å². The Kier molecular flexibility index (Phi) is 14.6. The second-order valence-electron chi connectivity index (χ2n) is 18.7. The molecule has 1 aliphatic heterocycles.